The molecule has 0 aliphatic carbocycles. The van der Waals surface area contributed by atoms with E-state index in [-0.39, 0.29) is 5.91 Å². The molecule has 0 fully saturated rings. The molecule has 0 bridgehead atoms. The van der Waals surface area contributed by atoms with Crippen molar-refractivity contribution in [2.24, 2.45) is 0 Å². The minimum absolute atomic E-state index is 0.156. The van der Waals surface area contributed by atoms with E-state index in [2.05, 4.69) is 21.2 Å². The smallest absolute Gasteiger partial charge is 0.248 e. The number of nitrogens with one attached hydrogen (secondary N) is 1. The maximum absolute atomic E-state index is 12.0. The number of ether oxygens (including phenoxy) is 1. The Hall–Kier alpha value is -2.07. The van der Waals surface area contributed by atoms with Crippen LogP contribution in [-0.4, -0.2) is 13.0 Å². The van der Waals surface area contributed by atoms with Crippen LogP contribution in [0.3, 0.4) is 0 Å². The molecular formula is C18H18BrNO2. The number of hydrogen-bond acceptors (Lipinski definition) is 2. The second kappa shape index (κ2) is 7.27. The first-order chi connectivity index (χ1) is 10.5. The SMILES string of the molecule is COc1cc(C)c(/C=C/C(=O)Nc2ccc(Br)cc2)c(C)c1. The highest BCUT2D eigenvalue weighted by atomic mass is 79.9. The van der Waals surface area contributed by atoms with E-state index in [9.17, 15) is 4.79 Å². The van der Waals surface area contributed by atoms with Gasteiger partial charge in [-0.2, -0.15) is 0 Å². The molecule has 0 aromatic heterocycles. The molecule has 0 saturated carbocycles. The molecular weight excluding hydrogens is 342 g/mol. The zero-order valence-electron chi connectivity index (χ0n) is 12.8. The summed E-state index contributed by atoms with van der Waals surface area (Å²) in [6.07, 6.45) is 3.38. The van der Waals surface area contributed by atoms with Gasteiger partial charge in [-0.1, -0.05) is 15.9 Å². The molecule has 2 aromatic carbocycles. The number of benzene rings is 2. The van der Waals surface area contributed by atoms with Gasteiger partial charge < -0.3 is 10.1 Å². The summed E-state index contributed by atoms with van der Waals surface area (Å²) in [5.41, 5.74) is 3.95. The first-order valence-corrected chi connectivity index (χ1v) is 7.69. The number of carbonyl (C=O) groups excluding carboxylic acids is 1. The molecule has 4 heteroatoms. The van der Waals surface area contributed by atoms with Crippen LogP contribution in [0, 0.1) is 13.8 Å². The van der Waals surface area contributed by atoms with Gasteiger partial charge in [-0.15, -0.1) is 0 Å². The van der Waals surface area contributed by atoms with Gasteiger partial charge in [0.1, 0.15) is 5.75 Å². The second-order valence-corrected chi connectivity index (χ2v) is 5.92. The van der Waals surface area contributed by atoms with Crippen molar-refractivity contribution in [2.45, 2.75) is 13.8 Å². The second-order valence-electron chi connectivity index (χ2n) is 5.00. The Kier molecular flexibility index (Phi) is 5.39. The molecule has 0 atom stereocenters. The normalized spacial score (nSPS) is 10.7. The molecule has 114 valence electrons. The maximum atomic E-state index is 12.0. The van der Waals surface area contributed by atoms with E-state index in [1.165, 1.54) is 0 Å². The van der Waals surface area contributed by atoms with Gasteiger partial charge in [0.25, 0.3) is 0 Å². The lowest BCUT2D eigenvalue weighted by atomic mass is 10.0. The summed E-state index contributed by atoms with van der Waals surface area (Å²) >= 11 is 3.36. The summed E-state index contributed by atoms with van der Waals surface area (Å²) in [6, 6.07) is 11.4. The molecule has 2 aromatic rings. The minimum Gasteiger partial charge on any atom is -0.497 e. The maximum Gasteiger partial charge on any atom is 0.248 e. The number of methoxy groups -OCH3 is 1. The highest BCUT2D eigenvalue weighted by Crippen LogP contribution is 2.22. The fraction of sp³-hybridized carbons (Fsp3) is 0.167. The van der Waals surface area contributed by atoms with Crippen LogP contribution in [-0.2, 0) is 4.79 Å². The number of aryl methyl sites for hydroxylation is 2. The van der Waals surface area contributed by atoms with Crippen molar-refractivity contribution in [3.63, 3.8) is 0 Å². The predicted octanol–water partition coefficient (Wildman–Crippen LogP) is 4.73. The van der Waals surface area contributed by atoms with E-state index >= 15 is 0 Å². The first-order valence-electron chi connectivity index (χ1n) is 6.89. The van der Waals surface area contributed by atoms with Gasteiger partial charge in [0.05, 0.1) is 7.11 Å². The Labute approximate surface area is 139 Å². The summed E-state index contributed by atoms with van der Waals surface area (Å²) in [6.45, 7) is 4.00. The van der Waals surface area contributed by atoms with E-state index < -0.39 is 0 Å². The van der Waals surface area contributed by atoms with Crippen LogP contribution in [0.4, 0.5) is 5.69 Å². The van der Waals surface area contributed by atoms with Gasteiger partial charge in [-0.05, 0) is 73.0 Å². The van der Waals surface area contributed by atoms with Gasteiger partial charge >= 0.3 is 0 Å². The minimum atomic E-state index is -0.156. The van der Waals surface area contributed by atoms with Crippen LogP contribution in [0.2, 0.25) is 0 Å². The molecule has 1 amide bonds. The molecule has 2 rings (SSSR count). The van der Waals surface area contributed by atoms with Crippen molar-refractivity contribution in [3.05, 3.63) is 63.6 Å². The summed E-state index contributed by atoms with van der Waals surface area (Å²) in [5.74, 6) is 0.670. The van der Waals surface area contributed by atoms with E-state index in [0.29, 0.717) is 0 Å². The molecule has 0 aliphatic heterocycles. The summed E-state index contributed by atoms with van der Waals surface area (Å²) < 4.78 is 6.22. The lowest BCUT2D eigenvalue weighted by Crippen LogP contribution is -2.07. The Balaban J connectivity index is 2.11. The molecule has 0 saturated heterocycles. The van der Waals surface area contributed by atoms with Gasteiger partial charge in [0.2, 0.25) is 5.91 Å². The van der Waals surface area contributed by atoms with Crippen LogP contribution >= 0.6 is 15.9 Å². The van der Waals surface area contributed by atoms with Crippen LogP contribution in [0.5, 0.6) is 5.75 Å². The molecule has 0 heterocycles. The zero-order valence-corrected chi connectivity index (χ0v) is 14.4. The van der Waals surface area contributed by atoms with Crippen LogP contribution in [0.1, 0.15) is 16.7 Å². The summed E-state index contributed by atoms with van der Waals surface area (Å²) in [5, 5.41) is 2.83. The predicted molar refractivity (Wildman–Crippen MR) is 94.3 cm³/mol. The average molecular weight is 360 g/mol. The largest absolute Gasteiger partial charge is 0.497 e. The number of amides is 1. The number of anilines is 1. The average Bonchev–Trinajstić information content (AvgIpc) is 2.48. The number of halogens is 1. The third-order valence-electron chi connectivity index (χ3n) is 3.32. The van der Waals surface area contributed by atoms with Gasteiger partial charge in [-0.25, -0.2) is 0 Å². The van der Waals surface area contributed by atoms with Crippen molar-refractivity contribution in [1.82, 2.24) is 0 Å². The van der Waals surface area contributed by atoms with Crippen molar-refractivity contribution in [3.8, 4) is 5.75 Å². The Morgan fingerprint density at radius 3 is 2.27 bits per heavy atom. The van der Waals surface area contributed by atoms with Gasteiger partial charge in [-0.3, -0.25) is 4.79 Å². The van der Waals surface area contributed by atoms with Crippen molar-refractivity contribution >= 4 is 33.6 Å². The molecule has 0 spiro atoms. The Morgan fingerprint density at radius 1 is 1.14 bits per heavy atom. The highest BCUT2D eigenvalue weighted by Gasteiger charge is 2.04. The topological polar surface area (TPSA) is 38.3 Å². The van der Waals surface area contributed by atoms with Crippen molar-refractivity contribution < 1.29 is 9.53 Å². The van der Waals surface area contributed by atoms with Crippen molar-refractivity contribution in [1.29, 1.82) is 0 Å². The summed E-state index contributed by atoms with van der Waals surface area (Å²) in [7, 11) is 1.65. The van der Waals surface area contributed by atoms with E-state index in [1.54, 1.807) is 13.2 Å². The Morgan fingerprint density at radius 2 is 1.73 bits per heavy atom. The first kappa shape index (κ1) is 16.3. The molecule has 0 unspecified atom stereocenters. The van der Waals surface area contributed by atoms with E-state index in [1.807, 2.05) is 56.3 Å². The standard InChI is InChI=1S/C18H18BrNO2/c1-12-10-16(22-3)11-13(2)17(12)8-9-18(21)20-15-6-4-14(19)5-7-15/h4-11H,1-3H3,(H,20,21)/b9-8+. The monoisotopic (exact) mass is 359 g/mol. The Bertz CT molecular complexity index is 683. The highest BCUT2D eigenvalue weighted by molar-refractivity contribution is 9.10. The molecule has 1 N–H and O–H groups in total. The lowest BCUT2D eigenvalue weighted by molar-refractivity contribution is -0.111. The summed E-state index contributed by atoms with van der Waals surface area (Å²) in [4.78, 5) is 12.0. The van der Waals surface area contributed by atoms with Crippen LogP contribution in [0.15, 0.2) is 46.9 Å². The van der Waals surface area contributed by atoms with Crippen LogP contribution < -0.4 is 10.1 Å². The van der Waals surface area contributed by atoms with Crippen molar-refractivity contribution in [2.75, 3.05) is 12.4 Å². The third kappa shape index (κ3) is 4.21. The number of hydrogen-bond donors (Lipinski definition) is 1. The zero-order chi connectivity index (χ0) is 16.1. The fourth-order valence-corrected chi connectivity index (χ4v) is 2.46. The van der Waals surface area contributed by atoms with E-state index in [0.717, 1.165) is 32.6 Å². The third-order valence-corrected chi connectivity index (χ3v) is 3.84. The van der Waals surface area contributed by atoms with E-state index in [4.69, 9.17) is 4.74 Å². The lowest BCUT2D eigenvalue weighted by Gasteiger charge is -2.09. The van der Waals surface area contributed by atoms with Gasteiger partial charge in [0, 0.05) is 16.2 Å². The quantitative estimate of drug-likeness (QED) is 0.801. The molecule has 0 aliphatic rings. The number of rotatable bonds is 4. The van der Waals surface area contributed by atoms with Crippen LogP contribution in [0.25, 0.3) is 6.08 Å². The number of carbonyl (C=O) groups is 1. The fourth-order valence-electron chi connectivity index (χ4n) is 2.19. The van der Waals surface area contributed by atoms with Gasteiger partial charge in [0.15, 0.2) is 0 Å². The molecule has 0 radical (unpaired) electrons. The molecule has 22 heavy (non-hydrogen) atoms. The molecule has 3 nitrogen and oxygen atoms in total.